The van der Waals surface area contributed by atoms with Crippen molar-refractivity contribution in [2.24, 2.45) is 5.10 Å². The number of fused-ring (bicyclic) bond motifs is 1. The van der Waals surface area contributed by atoms with E-state index in [9.17, 15) is 25.0 Å². The Morgan fingerprint density at radius 3 is 2.45 bits per heavy atom. The van der Waals surface area contributed by atoms with Gasteiger partial charge < -0.3 is 4.74 Å². The summed E-state index contributed by atoms with van der Waals surface area (Å²) in [4.78, 5) is 44.0. The number of benzene rings is 2. The summed E-state index contributed by atoms with van der Waals surface area (Å²) in [5, 5.41) is 27.7. The fourth-order valence-electron chi connectivity index (χ4n) is 4.61. The molecular formula is C26H20Br2N6O6. The largest absolute Gasteiger partial charge is 0.431 e. The lowest BCUT2D eigenvalue weighted by atomic mass is 9.88. The topological polar surface area (TPSA) is 156 Å². The SMILES string of the molecule is O=c1c2cc(Br)ccc2nc(C2CCCCC2)n1N=Cc1cc(Br)cc([N+](=O)[O-])c1Oc1ccc([N+](=O)[O-])cn1. The highest BCUT2D eigenvalue weighted by Gasteiger charge is 2.24. The van der Waals surface area contributed by atoms with Crippen LogP contribution in [-0.4, -0.2) is 30.7 Å². The van der Waals surface area contributed by atoms with Crippen molar-refractivity contribution in [2.75, 3.05) is 0 Å². The minimum Gasteiger partial charge on any atom is -0.431 e. The third-order valence-electron chi connectivity index (χ3n) is 6.51. The number of hydrogen-bond acceptors (Lipinski definition) is 9. The summed E-state index contributed by atoms with van der Waals surface area (Å²) in [5.74, 6) is 0.272. The minimum absolute atomic E-state index is 0.0310. The fourth-order valence-corrected chi connectivity index (χ4v) is 5.44. The normalized spacial score (nSPS) is 14.1. The van der Waals surface area contributed by atoms with Gasteiger partial charge in [0.25, 0.3) is 11.2 Å². The highest BCUT2D eigenvalue weighted by molar-refractivity contribution is 9.10. The molecule has 0 bridgehead atoms. The van der Waals surface area contributed by atoms with Crippen molar-refractivity contribution >= 4 is 60.4 Å². The van der Waals surface area contributed by atoms with Gasteiger partial charge in [-0.2, -0.15) is 9.78 Å². The van der Waals surface area contributed by atoms with Crippen LogP contribution in [0.4, 0.5) is 11.4 Å². The van der Waals surface area contributed by atoms with E-state index in [4.69, 9.17) is 9.72 Å². The van der Waals surface area contributed by atoms with Gasteiger partial charge in [0.15, 0.2) is 0 Å². The van der Waals surface area contributed by atoms with Crippen molar-refractivity contribution in [3.63, 3.8) is 0 Å². The second-order valence-corrected chi connectivity index (χ2v) is 11.0. The van der Waals surface area contributed by atoms with E-state index in [1.165, 1.54) is 29.1 Å². The zero-order chi connectivity index (χ0) is 28.4. The van der Waals surface area contributed by atoms with Gasteiger partial charge in [-0.15, -0.1) is 0 Å². The Bertz CT molecular complexity index is 1720. The molecule has 1 aliphatic carbocycles. The Morgan fingerprint density at radius 1 is 1.00 bits per heavy atom. The molecule has 0 saturated heterocycles. The quantitative estimate of drug-likeness (QED) is 0.117. The van der Waals surface area contributed by atoms with Crippen LogP contribution in [0.25, 0.3) is 10.9 Å². The Morgan fingerprint density at radius 2 is 1.77 bits per heavy atom. The number of rotatable bonds is 7. The third kappa shape index (κ3) is 5.77. The molecular weight excluding hydrogens is 652 g/mol. The smallest absolute Gasteiger partial charge is 0.313 e. The van der Waals surface area contributed by atoms with E-state index in [2.05, 4.69) is 41.9 Å². The molecule has 12 nitrogen and oxygen atoms in total. The molecule has 2 aromatic heterocycles. The minimum atomic E-state index is -0.627. The summed E-state index contributed by atoms with van der Waals surface area (Å²) in [5.41, 5.74) is -0.281. The van der Waals surface area contributed by atoms with E-state index in [1.807, 2.05) is 6.07 Å². The van der Waals surface area contributed by atoms with Gasteiger partial charge in [-0.3, -0.25) is 25.0 Å². The summed E-state index contributed by atoms with van der Waals surface area (Å²) >= 11 is 6.69. The molecule has 1 fully saturated rings. The molecule has 0 N–H and O–H groups in total. The first-order valence-corrected chi connectivity index (χ1v) is 13.8. The van der Waals surface area contributed by atoms with E-state index in [0.717, 1.165) is 38.3 Å². The first-order chi connectivity index (χ1) is 19.2. The molecule has 40 heavy (non-hydrogen) atoms. The molecule has 0 atom stereocenters. The average molecular weight is 672 g/mol. The maximum Gasteiger partial charge on any atom is 0.313 e. The molecule has 0 spiro atoms. The number of halogens is 2. The first kappa shape index (κ1) is 27.5. The molecule has 204 valence electrons. The monoisotopic (exact) mass is 670 g/mol. The van der Waals surface area contributed by atoms with Crippen LogP contribution in [0, 0.1) is 20.2 Å². The number of pyridine rings is 1. The number of nitrogens with zero attached hydrogens (tertiary/aromatic N) is 6. The zero-order valence-electron chi connectivity index (χ0n) is 20.7. The third-order valence-corrected chi connectivity index (χ3v) is 7.46. The number of hydrogen-bond donors (Lipinski definition) is 0. The highest BCUT2D eigenvalue weighted by atomic mass is 79.9. The van der Waals surface area contributed by atoms with Gasteiger partial charge >= 0.3 is 5.69 Å². The average Bonchev–Trinajstić information content (AvgIpc) is 2.94. The second kappa shape index (κ2) is 11.6. The standard InChI is InChI=1S/C26H20Br2N6O6/c27-17-6-8-21-20(11-17)26(35)32(25(31-21)15-4-2-1-3-5-15)30-13-16-10-18(28)12-22(34(38)39)24(16)40-23-9-7-19(14-29-23)33(36)37/h6-15H,1-5H2. The molecule has 1 aliphatic rings. The number of nitro groups is 2. The van der Waals surface area contributed by atoms with Gasteiger partial charge in [-0.05, 0) is 37.1 Å². The highest BCUT2D eigenvalue weighted by Crippen LogP contribution is 2.37. The Balaban J connectivity index is 1.64. The molecule has 5 rings (SSSR count). The van der Waals surface area contributed by atoms with E-state index < -0.39 is 15.5 Å². The van der Waals surface area contributed by atoms with Crippen molar-refractivity contribution in [3.05, 3.63) is 99.6 Å². The molecule has 0 amide bonds. The maximum atomic E-state index is 13.6. The van der Waals surface area contributed by atoms with Crippen molar-refractivity contribution < 1.29 is 14.6 Å². The van der Waals surface area contributed by atoms with Crippen LogP contribution < -0.4 is 10.3 Å². The number of aromatic nitrogens is 3. The lowest BCUT2D eigenvalue weighted by Gasteiger charge is -2.22. The fraction of sp³-hybridized carbons (Fsp3) is 0.231. The number of nitro benzene ring substituents is 1. The molecule has 2 aromatic carbocycles. The maximum absolute atomic E-state index is 13.6. The van der Waals surface area contributed by atoms with Gasteiger partial charge in [0.1, 0.15) is 12.0 Å². The van der Waals surface area contributed by atoms with Crippen LogP contribution in [0.15, 0.2) is 67.5 Å². The van der Waals surface area contributed by atoms with Crippen LogP contribution in [0.5, 0.6) is 11.6 Å². The Kier molecular flexibility index (Phi) is 7.98. The molecule has 1 saturated carbocycles. The van der Waals surface area contributed by atoms with E-state index in [1.54, 1.807) is 18.2 Å². The summed E-state index contributed by atoms with van der Waals surface area (Å²) in [7, 11) is 0. The van der Waals surface area contributed by atoms with Gasteiger partial charge in [0, 0.05) is 38.6 Å². The van der Waals surface area contributed by atoms with Gasteiger partial charge in [0.05, 0.1) is 27.0 Å². The van der Waals surface area contributed by atoms with E-state index >= 15 is 0 Å². The summed E-state index contributed by atoms with van der Waals surface area (Å²) in [6, 6.07) is 10.5. The van der Waals surface area contributed by atoms with Crippen LogP contribution in [0.1, 0.15) is 49.4 Å². The van der Waals surface area contributed by atoms with Gasteiger partial charge in [-0.25, -0.2) is 9.97 Å². The number of ether oxygens (including phenoxy) is 1. The summed E-state index contributed by atoms with van der Waals surface area (Å²) in [6.45, 7) is 0. The van der Waals surface area contributed by atoms with E-state index in [0.29, 0.717) is 25.7 Å². The lowest BCUT2D eigenvalue weighted by molar-refractivity contribution is -0.385. The Hall–Kier alpha value is -4.04. The van der Waals surface area contributed by atoms with Crippen LogP contribution >= 0.6 is 31.9 Å². The summed E-state index contributed by atoms with van der Waals surface area (Å²) < 4.78 is 8.10. The van der Waals surface area contributed by atoms with Crippen molar-refractivity contribution in [3.8, 4) is 11.6 Å². The van der Waals surface area contributed by atoms with Crippen LogP contribution in [-0.2, 0) is 0 Å². The van der Waals surface area contributed by atoms with Crippen LogP contribution in [0.2, 0.25) is 0 Å². The first-order valence-electron chi connectivity index (χ1n) is 12.2. The van der Waals surface area contributed by atoms with Crippen molar-refractivity contribution in [1.29, 1.82) is 0 Å². The lowest BCUT2D eigenvalue weighted by Crippen LogP contribution is -2.25. The van der Waals surface area contributed by atoms with Crippen LogP contribution in [0.3, 0.4) is 0 Å². The van der Waals surface area contributed by atoms with Gasteiger partial charge in [-0.1, -0.05) is 51.1 Å². The second-order valence-electron chi connectivity index (χ2n) is 9.14. The molecule has 2 heterocycles. The predicted molar refractivity (Wildman–Crippen MR) is 154 cm³/mol. The predicted octanol–water partition coefficient (Wildman–Crippen LogP) is 6.86. The van der Waals surface area contributed by atoms with E-state index in [-0.39, 0.29) is 34.4 Å². The molecule has 4 aromatic rings. The Labute approximate surface area is 243 Å². The zero-order valence-corrected chi connectivity index (χ0v) is 23.9. The van der Waals surface area contributed by atoms with Gasteiger partial charge in [0.2, 0.25) is 11.6 Å². The molecule has 0 aliphatic heterocycles. The summed E-state index contributed by atoms with van der Waals surface area (Å²) in [6.07, 6.45) is 7.17. The molecule has 0 radical (unpaired) electrons. The van der Waals surface area contributed by atoms with Crippen molar-refractivity contribution in [2.45, 2.75) is 38.0 Å². The molecule has 0 unspecified atom stereocenters. The van der Waals surface area contributed by atoms with Crippen molar-refractivity contribution in [1.82, 2.24) is 14.6 Å². The molecule has 14 heteroatoms.